The van der Waals surface area contributed by atoms with Crippen LogP contribution in [0.5, 0.6) is 0 Å². The molecule has 0 bridgehead atoms. The van der Waals surface area contributed by atoms with E-state index < -0.39 is 6.43 Å². The van der Waals surface area contributed by atoms with Crippen LogP contribution in [0.4, 0.5) is 8.78 Å². The molecule has 4 heterocycles. The van der Waals surface area contributed by atoms with Gasteiger partial charge in [0, 0.05) is 29.6 Å². The highest BCUT2D eigenvalue weighted by Gasteiger charge is 2.40. The smallest absolute Gasteiger partial charge is 0.255 e. The van der Waals surface area contributed by atoms with Crippen molar-refractivity contribution in [3.63, 3.8) is 0 Å². The number of amidine groups is 1. The summed E-state index contributed by atoms with van der Waals surface area (Å²) >= 11 is 0. The Morgan fingerprint density at radius 2 is 1.93 bits per heavy atom. The van der Waals surface area contributed by atoms with Gasteiger partial charge in [0.1, 0.15) is 12.2 Å². The van der Waals surface area contributed by atoms with Crippen LogP contribution in [0.25, 0.3) is 5.65 Å². The number of hydrogen-bond donors (Lipinski definition) is 0. The molecule has 0 spiro atoms. The molecule has 8 heteroatoms. The fourth-order valence-electron chi connectivity index (χ4n) is 4.03. The van der Waals surface area contributed by atoms with Crippen LogP contribution in [0.2, 0.25) is 0 Å². The molecule has 2 aliphatic rings. The second-order valence-electron chi connectivity index (χ2n) is 8.10. The van der Waals surface area contributed by atoms with Gasteiger partial charge in [0.25, 0.3) is 6.43 Å². The van der Waals surface area contributed by atoms with Crippen molar-refractivity contribution < 1.29 is 8.78 Å². The first-order valence-corrected chi connectivity index (χ1v) is 10.0. The van der Waals surface area contributed by atoms with E-state index in [9.17, 15) is 8.78 Å². The molecule has 0 radical (unpaired) electrons. The Kier molecular flexibility index (Phi) is 5.19. The Morgan fingerprint density at radius 1 is 1.14 bits per heavy atom. The first kappa shape index (κ1) is 19.7. The van der Waals surface area contributed by atoms with Crippen molar-refractivity contribution >= 4 is 17.2 Å². The SMILES string of the molecule is CC1=NC2C(CC(C)c3ccn4nccc4n3)=CC(C(C)C)=NC2N1CC(F)F. The number of aromatic nitrogens is 3. The Hall–Kier alpha value is -2.64. The minimum atomic E-state index is -2.42. The van der Waals surface area contributed by atoms with Gasteiger partial charge in [-0.15, -0.1) is 0 Å². The van der Waals surface area contributed by atoms with Gasteiger partial charge in [-0.25, -0.2) is 18.3 Å². The van der Waals surface area contributed by atoms with Crippen LogP contribution >= 0.6 is 0 Å². The Balaban J connectivity index is 1.62. The summed E-state index contributed by atoms with van der Waals surface area (Å²) in [6.45, 7) is 7.74. The molecule has 29 heavy (non-hydrogen) atoms. The lowest BCUT2D eigenvalue weighted by molar-refractivity contribution is 0.104. The number of rotatable bonds is 6. The topological polar surface area (TPSA) is 58.1 Å². The Morgan fingerprint density at radius 3 is 2.66 bits per heavy atom. The molecule has 0 saturated carbocycles. The minimum Gasteiger partial charge on any atom is -0.331 e. The van der Waals surface area contributed by atoms with Crippen molar-refractivity contribution in [3.05, 3.63) is 41.9 Å². The van der Waals surface area contributed by atoms with Crippen LogP contribution < -0.4 is 0 Å². The molecule has 6 nitrogen and oxygen atoms in total. The largest absolute Gasteiger partial charge is 0.331 e. The maximum atomic E-state index is 13.1. The zero-order chi connectivity index (χ0) is 20.7. The van der Waals surface area contributed by atoms with Gasteiger partial charge in [0.2, 0.25) is 0 Å². The molecule has 4 rings (SSSR count). The summed E-state index contributed by atoms with van der Waals surface area (Å²) < 4.78 is 28.0. The second kappa shape index (κ2) is 7.65. The molecule has 0 aliphatic carbocycles. The predicted octanol–water partition coefficient (Wildman–Crippen LogP) is 3.95. The van der Waals surface area contributed by atoms with Gasteiger partial charge in [-0.1, -0.05) is 20.8 Å². The molecule has 0 aromatic carbocycles. The van der Waals surface area contributed by atoms with Crippen LogP contribution in [0, 0.1) is 5.92 Å². The summed E-state index contributed by atoms with van der Waals surface area (Å²) in [4.78, 5) is 15.8. The van der Waals surface area contributed by atoms with Gasteiger partial charge in [-0.05, 0) is 37.0 Å². The number of hydrogen-bond acceptors (Lipinski definition) is 5. The predicted molar refractivity (Wildman–Crippen MR) is 110 cm³/mol. The molecular weight excluding hydrogens is 374 g/mol. The first-order chi connectivity index (χ1) is 13.8. The van der Waals surface area contributed by atoms with Gasteiger partial charge in [0.15, 0.2) is 5.65 Å². The van der Waals surface area contributed by atoms with Crippen molar-refractivity contribution in [1.29, 1.82) is 0 Å². The molecular formula is C21H26F2N6. The third-order valence-corrected chi connectivity index (χ3v) is 5.59. The summed E-state index contributed by atoms with van der Waals surface area (Å²) in [7, 11) is 0. The van der Waals surface area contributed by atoms with E-state index in [0.717, 1.165) is 29.0 Å². The molecule has 0 saturated heterocycles. The van der Waals surface area contributed by atoms with Crippen molar-refractivity contribution in [3.8, 4) is 0 Å². The number of alkyl halides is 2. The number of allylic oxidation sites excluding steroid dienone is 1. The fourth-order valence-corrected chi connectivity index (χ4v) is 4.03. The van der Waals surface area contributed by atoms with Crippen LogP contribution in [-0.4, -0.2) is 56.2 Å². The maximum Gasteiger partial charge on any atom is 0.255 e. The third-order valence-electron chi connectivity index (χ3n) is 5.59. The van der Waals surface area contributed by atoms with Gasteiger partial charge in [-0.2, -0.15) is 5.10 Å². The van der Waals surface area contributed by atoms with Crippen molar-refractivity contribution in [1.82, 2.24) is 19.5 Å². The molecule has 0 fully saturated rings. The highest BCUT2D eigenvalue weighted by atomic mass is 19.3. The number of fused-ring (bicyclic) bond motifs is 2. The lowest BCUT2D eigenvalue weighted by atomic mass is 9.88. The minimum absolute atomic E-state index is 0.160. The van der Waals surface area contributed by atoms with E-state index in [2.05, 4.69) is 31.9 Å². The lowest BCUT2D eigenvalue weighted by Crippen LogP contribution is -2.43. The number of halogens is 2. The van der Waals surface area contributed by atoms with Gasteiger partial charge >= 0.3 is 0 Å². The van der Waals surface area contributed by atoms with Crippen LogP contribution in [0.15, 0.2) is 46.2 Å². The van der Waals surface area contributed by atoms with Gasteiger partial charge in [0.05, 0.1) is 18.6 Å². The Labute approximate surface area is 169 Å². The van der Waals surface area contributed by atoms with Gasteiger partial charge in [-0.3, -0.25) is 9.98 Å². The van der Waals surface area contributed by atoms with Gasteiger partial charge < -0.3 is 4.90 Å². The zero-order valence-electron chi connectivity index (χ0n) is 17.1. The van der Waals surface area contributed by atoms with E-state index in [1.165, 1.54) is 0 Å². The van der Waals surface area contributed by atoms with Crippen molar-refractivity contribution in [2.75, 3.05) is 6.54 Å². The lowest BCUT2D eigenvalue weighted by Gasteiger charge is -2.32. The van der Waals surface area contributed by atoms with E-state index in [1.54, 1.807) is 22.5 Å². The summed E-state index contributed by atoms with van der Waals surface area (Å²) in [5.74, 6) is 1.01. The molecule has 0 amide bonds. The maximum absolute atomic E-state index is 13.1. The van der Waals surface area contributed by atoms with E-state index in [-0.39, 0.29) is 30.6 Å². The van der Waals surface area contributed by atoms with Crippen LogP contribution in [-0.2, 0) is 0 Å². The average molecular weight is 400 g/mol. The standard InChI is InChI=1S/C21H26F2N6/c1-12(2)17-10-15(20-21(27-17)28(11-18(22)23)14(4)25-20)9-13(3)16-6-8-29-19(26-16)5-7-24-29/h5-8,10,12-13,18,20-21H,9,11H2,1-4H3. The first-order valence-electron chi connectivity index (χ1n) is 10.0. The highest BCUT2D eigenvalue weighted by molar-refractivity contribution is 5.99. The molecule has 3 unspecified atom stereocenters. The number of nitrogens with zero attached hydrogens (tertiary/aromatic N) is 6. The van der Waals surface area contributed by atoms with E-state index >= 15 is 0 Å². The summed E-state index contributed by atoms with van der Waals surface area (Å²) in [6, 6.07) is 3.65. The van der Waals surface area contributed by atoms with Crippen LogP contribution in [0.1, 0.15) is 45.7 Å². The highest BCUT2D eigenvalue weighted by Crippen LogP contribution is 2.35. The van der Waals surface area contributed by atoms with E-state index in [4.69, 9.17) is 15.0 Å². The molecule has 154 valence electrons. The second-order valence-corrected chi connectivity index (χ2v) is 8.10. The third kappa shape index (κ3) is 3.80. The summed E-state index contributed by atoms with van der Waals surface area (Å²) in [6.07, 6.45) is 3.71. The fraction of sp³-hybridized carbons (Fsp3) is 0.524. The normalized spacial score (nSPS) is 22.8. The molecule has 2 aromatic rings. The average Bonchev–Trinajstić information content (AvgIpc) is 3.25. The molecule has 0 N–H and O–H groups in total. The molecule has 2 aromatic heterocycles. The van der Waals surface area contributed by atoms with Crippen molar-refractivity contribution in [2.45, 2.75) is 58.7 Å². The zero-order valence-corrected chi connectivity index (χ0v) is 17.1. The Bertz CT molecular complexity index is 990. The number of aliphatic imine (C=N–C) groups is 2. The summed E-state index contributed by atoms with van der Waals surface area (Å²) in [5, 5.41) is 4.19. The number of dihydropyridines is 1. The molecule has 2 aliphatic heterocycles. The van der Waals surface area contributed by atoms with E-state index in [0.29, 0.717) is 5.84 Å². The van der Waals surface area contributed by atoms with E-state index in [1.807, 2.05) is 18.3 Å². The molecule has 3 atom stereocenters. The summed E-state index contributed by atoms with van der Waals surface area (Å²) in [5.41, 5.74) is 3.86. The van der Waals surface area contributed by atoms with Crippen LogP contribution in [0.3, 0.4) is 0 Å². The van der Waals surface area contributed by atoms with Crippen molar-refractivity contribution in [2.24, 2.45) is 15.9 Å². The quantitative estimate of drug-likeness (QED) is 0.738. The monoisotopic (exact) mass is 400 g/mol.